The highest BCUT2D eigenvalue weighted by atomic mass is 79.9. The molecule has 0 saturated carbocycles. The molecule has 1 rings (SSSR count). The van der Waals surface area contributed by atoms with Gasteiger partial charge in [0.15, 0.2) is 0 Å². The van der Waals surface area contributed by atoms with Crippen LogP contribution in [0.5, 0.6) is 0 Å². The van der Waals surface area contributed by atoms with E-state index >= 15 is 0 Å². The zero-order valence-electron chi connectivity index (χ0n) is 10.4. The molecule has 18 heavy (non-hydrogen) atoms. The minimum absolute atomic E-state index is 0.000741. The summed E-state index contributed by atoms with van der Waals surface area (Å²) in [5, 5.41) is 8.95. The second-order valence-corrected chi connectivity index (χ2v) is 4.82. The molecule has 0 fully saturated rings. The van der Waals surface area contributed by atoms with Crippen molar-refractivity contribution < 1.29 is 14.6 Å². The predicted molar refractivity (Wildman–Crippen MR) is 73.4 cm³/mol. The first-order valence-corrected chi connectivity index (χ1v) is 6.58. The van der Waals surface area contributed by atoms with Gasteiger partial charge in [-0.05, 0) is 17.7 Å². The van der Waals surface area contributed by atoms with E-state index in [4.69, 9.17) is 9.84 Å². The number of hydrogen-bond donors (Lipinski definition) is 1. The first-order valence-electron chi connectivity index (χ1n) is 5.79. The average Bonchev–Trinajstić information content (AvgIpc) is 2.34. The summed E-state index contributed by atoms with van der Waals surface area (Å²) >= 11 is 3.38. The Balaban J connectivity index is 2.60. The number of carbonyl (C=O) groups excluding carboxylic acids is 1. The molecule has 0 aromatic heterocycles. The number of halogens is 1. The Hall–Kier alpha value is -0.910. The van der Waals surface area contributed by atoms with E-state index in [1.165, 1.54) is 0 Å². The Kier molecular flexibility index (Phi) is 6.93. The lowest BCUT2D eigenvalue weighted by atomic mass is 10.1. The van der Waals surface area contributed by atoms with E-state index in [1.807, 2.05) is 24.3 Å². The summed E-state index contributed by atoms with van der Waals surface area (Å²) in [5.41, 5.74) is 0.953. The van der Waals surface area contributed by atoms with Crippen LogP contribution in [0, 0.1) is 0 Å². The Labute approximate surface area is 116 Å². The molecule has 1 aromatic carbocycles. The average molecular weight is 316 g/mol. The normalized spacial score (nSPS) is 10.4. The number of aliphatic hydroxyl groups is 1. The van der Waals surface area contributed by atoms with Crippen LogP contribution in [-0.2, 0) is 16.0 Å². The lowest BCUT2D eigenvalue weighted by molar-refractivity contribution is -0.131. The summed E-state index contributed by atoms with van der Waals surface area (Å²) in [6.45, 7) is 1.29. The maximum Gasteiger partial charge on any atom is 0.227 e. The molecule has 1 N–H and O–H groups in total. The fourth-order valence-corrected chi connectivity index (χ4v) is 2.06. The fraction of sp³-hybridized carbons (Fsp3) is 0.462. The predicted octanol–water partition coefficient (Wildman–Crippen LogP) is 1.46. The standard InChI is InChI=1S/C13H18BrNO3/c1-18-8-6-15(5-7-16)13(17)10-11-3-2-4-12(14)9-11/h2-4,9,16H,5-8,10H2,1H3. The molecule has 0 saturated heterocycles. The van der Waals surface area contributed by atoms with Crippen molar-refractivity contribution in [2.45, 2.75) is 6.42 Å². The lowest BCUT2D eigenvalue weighted by Gasteiger charge is -2.21. The number of hydrogen-bond acceptors (Lipinski definition) is 3. The van der Waals surface area contributed by atoms with Crippen molar-refractivity contribution in [1.82, 2.24) is 4.90 Å². The molecular weight excluding hydrogens is 298 g/mol. The molecule has 0 aliphatic rings. The largest absolute Gasteiger partial charge is 0.395 e. The van der Waals surface area contributed by atoms with E-state index in [1.54, 1.807) is 12.0 Å². The third-order valence-corrected chi connectivity index (χ3v) is 3.03. The maximum atomic E-state index is 12.1. The van der Waals surface area contributed by atoms with Gasteiger partial charge >= 0.3 is 0 Å². The number of carbonyl (C=O) groups is 1. The van der Waals surface area contributed by atoms with Gasteiger partial charge in [0.1, 0.15) is 0 Å². The van der Waals surface area contributed by atoms with Gasteiger partial charge in [0.2, 0.25) is 5.91 Å². The molecular formula is C13H18BrNO3. The molecule has 5 heteroatoms. The third kappa shape index (κ3) is 5.16. The van der Waals surface area contributed by atoms with Crippen LogP contribution >= 0.6 is 15.9 Å². The summed E-state index contributed by atoms with van der Waals surface area (Å²) in [7, 11) is 1.59. The number of aliphatic hydroxyl groups excluding tert-OH is 1. The smallest absolute Gasteiger partial charge is 0.227 e. The zero-order chi connectivity index (χ0) is 13.4. The van der Waals surface area contributed by atoms with Gasteiger partial charge in [-0.3, -0.25) is 4.79 Å². The van der Waals surface area contributed by atoms with Gasteiger partial charge in [0, 0.05) is 24.7 Å². The minimum atomic E-state index is -0.0338. The molecule has 0 atom stereocenters. The number of nitrogens with zero attached hydrogens (tertiary/aromatic N) is 1. The molecule has 0 bridgehead atoms. The van der Waals surface area contributed by atoms with E-state index in [0.29, 0.717) is 26.1 Å². The second kappa shape index (κ2) is 8.24. The highest BCUT2D eigenvalue weighted by molar-refractivity contribution is 9.10. The summed E-state index contributed by atoms with van der Waals surface area (Å²) in [6, 6.07) is 7.66. The third-order valence-electron chi connectivity index (χ3n) is 2.53. The molecule has 4 nitrogen and oxygen atoms in total. The Morgan fingerprint density at radius 2 is 2.22 bits per heavy atom. The first-order chi connectivity index (χ1) is 8.67. The number of rotatable bonds is 7. The number of ether oxygens (including phenoxy) is 1. The molecule has 0 heterocycles. The van der Waals surface area contributed by atoms with Gasteiger partial charge < -0.3 is 14.7 Å². The van der Waals surface area contributed by atoms with Crippen LogP contribution in [0.2, 0.25) is 0 Å². The van der Waals surface area contributed by atoms with Crippen LogP contribution < -0.4 is 0 Å². The van der Waals surface area contributed by atoms with Crippen LogP contribution in [0.3, 0.4) is 0 Å². The minimum Gasteiger partial charge on any atom is -0.395 e. The van der Waals surface area contributed by atoms with Crippen LogP contribution in [-0.4, -0.2) is 49.3 Å². The van der Waals surface area contributed by atoms with E-state index in [9.17, 15) is 4.79 Å². The molecule has 0 unspecified atom stereocenters. The maximum absolute atomic E-state index is 12.1. The van der Waals surface area contributed by atoms with E-state index in [-0.39, 0.29) is 12.5 Å². The summed E-state index contributed by atoms with van der Waals surface area (Å²) in [5.74, 6) is -0.000741. The SMILES string of the molecule is COCCN(CCO)C(=O)Cc1cccc(Br)c1. The van der Waals surface area contributed by atoms with Crippen molar-refractivity contribution in [3.63, 3.8) is 0 Å². The van der Waals surface area contributed by atoms with Crippen LogP contribution in [0.1, 0.15) is 5.56 Å². The summed E-state index contributed by atoms with van der Waals surface area (Å²) in [6.07, 6.45) is 0.336. The zero-order valence-corrected chi connectivity index (χ0v) is 12.0. The summed E-state index contributed by atoms with van der Waals surface area (Å²) < 4.78 is 5.91. The Morgan fingerprint density at radius 3 is 2.83 bits per heavy atom. The van der Waals surface area contributed by atoms with Crippen LogP contribution in [0.25, 0.3) is 0 Å². The molecule has 100 valence electrons. The quantitative estimate of drug-likeness (QED) is 0.828. The van der Waals surface area contributed by atoms with Gasteiger partial charge in [0.25, 0.3) is 0 Å². The molecule has 1 amide bonds. The van der Waals surface area contributed by atoms with Crippen LogP contribution in [0.15, 0.2) is 28.7 Å². The first kappa shape index (κ1) is 15.1. The van der Waals surface area contributed by atoms with E-state index in [0.717, 1.165) is 10.0 Å². The van der Waals surface area contributed by atoms with Crippen molar-refractivity contribution >= 4 is 21.8 Å². The van der Waals surface area contributed by atoms with Gasteiger partial charge in [-0.25, -0.2) is 0 Å². The van der Waals surface area contributed by atoms with Gasteiger partial charge in [-0.1, -0.05) is 28.1 Å². The highest BCUT2D eigenvalue weighted by Crippen LogP contribution is 2.12. The molecule has 0 aliphatic heterocycles. The van der Waals surface area contributed by atoms with Gasteiger partial charge in [-0.2, -0.15) is 0 Å². The fourth-order valence-electron chi connectivity index (χ4n) is 1.62. The van der Waals surface area contributed by atoms with Crippen molar-refractivity contribution in [2.75, 3.05) is 33.4 Å². The monoisotopic (exact) mass is 315 g/mol. The molecule has 0 radical (unpaired) electrons. The number of amides is 1. The van der Waals surface area contributed by atoms with Crippen molar-refractivity contribution in [2.24, 2.45) is 0 Å². The summed E-state index contributed by atoms with van der Waals surface area (Å²) in [4.78, 5) is 13.7. The topological polar surface area (TPSA) is 49.8 Å². The van der Waals surface area contributed by atoms with Crippen LogP contribution in [0.4, 0.5) is 0 Å². The molecule has 1 aromatic rings. The van der Waals surface area contributed by atoms with Crippen molar-refractivity contribution in [3.05, 3.63) is 34.3 Å². The van der Waals surface area contributed by atoms with Crippen molar-refractivity contribution in [1.29, 1.82) is 0 Å². The van der Waals surface area contributed by atoms with Crippen molar-refractivity contribution in [3.8, 4) is 0 Å². The molecule has 0 aliphatic carbocycles. The van der Waals surface area contributed by atoms with Gasteiger partial charge in [0.05, 0.1) is 19.6 Å². The molecule has 0 spiro atoms. The Bertz CT molecular complexity index is 384. The Morgan fingerprint density at radius 1 is 1.44 bits per heavy atom. The lowest BCUT2D eigenvalue weighted by Crippen LogP contribution is -2.37. The highest BCUT2D eigenvalue weighted by Gasteiger charge is 2.13. The van der Waals surface area contributed by atoms with Gasteiger partial charge in [-0.15, -0.1) is 0 Å². The second-order valence-electron chi connectivity index (χ2n) is 3.90. The van der Waals surface area contributed by atoms with E-state index < -0.39 is 0 Å². The van der Waals surface area contributed by atoms with E-state index in [2.05, 4.69) is 15.9 Å². The number of methoxy groups -OCH3 is 1. The number of benzene rings is 1.